The van der Waals surface area contributed by atoms with E-state index in [4.69, 9.17) is 0 Å². The first kappa shape index (κ1) is 14.6. The third-order valence-corrected chi connectivity index (χ3v) is 4.67. The topological polar surface area (TPSA) is 12.0 Å². The Morgan fingerprint density at radius 3 is 2.26 bits per heavy atom. The maximum Gasteiger partial charge on any atom is 0.0166 e. The third kappa shape index (κ3) is 3.20. The molecule has 1 fully saturated rings. The molecule has 0 saturated heterocycles. The summed E-state index contributed by atoms with van der Waals surface area (Å²) in [4.78, 5) is 0. The molecule has 1 aromatic carbocycles. The minimum absolute atomic E-state index is 0.377. The van der Waals surface area contributed by atoms with E-state index in [0.717, 1.165) is 12.5 Å². The van der Waals surface area contributed by atoms with Crippen molar-refractivity contribution in [2.75, 3.05) is 6.54 Å². The van der Waals surface area contributed by atoms with Gasteiger partial charge in [0.05, 0.1) is 0 Å². The molecular formula is C18H29N. The van der Waals surface area contributed by atoms with Crippen molar-refractivity contribution in [2.24, 2.45) is 5.92 Å². The molecule has 1 aliphatic carbocycles. The predicted octanol–water partition coefficient (Wildman–Crippen LogP) is 4.52. The Bertz CT molecular complexity index is 363. The number of hydrogen-bond acceptors (Lipinski definition) is 1. The molecule has 106 valence electrons. The highest BCUT2D eigenvalue weighted by Gasteiger charge is 2.42. The van der Waals surface area contributed by atoms with Gasteiger partial charge in [-0.15, -0.1) is 0 Å². The summed E-state index contributed by atoms with van der Waals surface area (Å²) < 4.78 is 0. The second-order valence-corrected chi connectivity index (χ2v) is 6.47. The van der Waals surface area contributed by atoms with E-state index in [0.29, 0.717) is 11.5 Å². The first-order chi connectivity index (χ1) is 9.19. The Kier molecular flexibility index (Phi) is 5.04. The lowest BCUT2D eigenvalue weighted by Crippen LogP contribution is -2.47. The van der Waals surface area contributed by atoms with E-state index < -0.39 is 0 Å². The number of likely N-dealkylation sites (N-methyl/N-ethyl adjacent to an activating group) is 1. The molecule has 19 heavy (non-hydrogen) atoms. The van der Waals surface area contributed by atoms with Crippen LogP contribution in [0.25, 0.3) is 0 Å². The monoisotopic (exact) mass is 259 g/mol. The van der Waals surface area contributed by atoms with Crippen molar-refractivity contribution < 1.29 is 0 Å². The van der Waals surface area contributed by atoms with Gasteiger partial charge in [-0.25, -0.2) is 0 Å². The summed E-state index contributed by atoms with van der Waals surface area (Å²) in [6.45, 7) is 8.00. The summed E-state index contributed by atoms with van der Waals surface area (Å²) in [6, 6.07) is 11.9. The molecule has 1 nitrogen and oxygen atoms in total. The van der Waals surface area contributed by atoms with Crippen LogP contribution >= 0.6 is 0 Å². The summed E-state index contributed by atoms with van der Waals surface area (Å²) in [6.07, 6.45) is 6.75. The van der Waals surface area contributed by atoms with Crippen LogP contribution in [-0.4, -0.2) is 12.6 Å². The number of benzene rings is 1. The van der Waals surface area contributed by atoms with Crippen molar-refractivity contribution in [3.8, 4) is 0 Å². The Morgan fingerprint density at radius 1 is 1.11 bits per heavy atom. The van der Waals surface area contributed by atoms with Gasteiger partial charge in [-0.1, -0.05) is 63.9 Å². The summed E-state index contributed by atoms with van der Waals surface area (Å²) >= 11 is 0. The van der Waals surface area contributed by atoms with Gasteiger partial charge in [0.1, 0.15) is 0 Å². The zero-order chi connectivity index (χ0) is 13.7. The quantitative estimate of drug-likeness (QED) is 0.792. The standard InChI is InChI=1S/C18H29N/c1-4-19-17(14-15(2)3)18(12-8-9-13-18)16-10-6-5-7-11-16/h5-7,10-11,15,17,19H,4,8-9,12-14H2,1-3H3. The van der Waals surface area contributed by atoms with Gasteiger partial charge in [-0.05, 0) is 37.3 Å². The second kappa shape index (κ2) is 6.56. The van der Waals surface area contributed by atoms with Gasteiger partial charge in [-0.2, -0.15) is 0 Å². The fraction of sp³-hybridized carbons (Fsp3) is 0.667. The lowest BCUT2D eigenvalue weighted by molar-refractivity contribution is 0.262. The lowest BCUT2D eigenvalue weighted by Gasteiger charge is -2.40. The van der Waals surface area contributed by atoms with Crippen molar-refractivity contribution in [3.05, 3.63) is 35.9 Å². The molecule has 1 N–H and O–H groups in total. The molecule has 2 rings (SSSR count). The largest absolute Gasteiger partial charge is 0.313 e. The van der Waals surface area contributed by atoms with Crippen LogP contribution in [0.2, 0.25) is 0 Å². The number of hydrogen-bond donors (Lipinski definition) is 1. The number of rotatable bonds is 6. The highest BCUT2D eigenvalue weighted by atomic mass is 14.9. The van der Waals surface area contributed by atoms with E-state index in [1.165, 1.54) is 32.1 Å². The SMILES string of the molecule is CCNC(CC(C)C)C1(c2ccccc2)CCCC1. The van der Waals surface area contributed by atoms with E-state index in [1.807, 2.05) is 0 Å². The van der Waals surface area contributed by atoms with Gasteiger partial charge in [0, 0.05) is 11.5 Å². The molecule has 1 aliphatic rings. The first-order valence-electron chi connectivity index (χ1n) is 7.98. The predicted molar refractivity (Wildman–Crippen MR) is 83.5 cm³/mol. The van der Waals surface area contributed by atoms with Crippen molar-refractivity contribution in [1.82, 2.24) is 5.32 Å². The molecule has 0 radical (unpaired) electrons. The van der Waals surface area contributed by atoms with E-state index >= 15 is 0 Å². The van der Waals surface area contributed by atoms with Crippen molar-refractivity contribution in [3.63, 3.8) is 0 Å². The van der Waals surface area contributed by atoms with Gasteiger partial charge in [0.25, 0.3) is 0 Å². The maximum absolute atomic E-state index is 3.80. The molecule has 1 saturated carbocycles. The molecule has 0 spiro atoms. The Balaban J connectivity index is 2.31. The lowest BCUT2D eigenvalue weighted by atomic mass is 9.70. The third-order valence-electron chi connectivity index (χ3n) is 4.67. The van der Waals surface area contributed by atoms with Crippen LogP contribution < -0.4 is 5.32 Å². The van der Waals surface area contributed by atoms with E-state index in [2.05, 4.69) is 56.4 Å². The van der Waals surface area contributed by atoms with Gasteiger partial charge in [0.2, 0.25) is 0 Å². The molecule has 0 heterocycles. The van der Waals surface area contributed by atoms with Gasteiger partial charge in [-0.3, -0.25) is 0 Å². The van der Waals surface area contributed by atoms with Crippen molar-refractivity contribution in [2.45, 2.75) is 64.3 Å². The Hall–Kier alpha value is -0.820. The van der Waals surface area contributed by atoms with Crippen LogP contribution in [0.3, 0.4) is 0 Å². The molecule has 1 aromatic rings. The van der Waals surface area contributed by atoms with Crippen molar-refractivity contribution >= 4 is 0 Å². The van der Waals surface area contributed by atoms with E-state index in [9.17, 15) is 0 Å². The van der Waals surface area contributed by atoms with E-state index in [-0.39, 0.29) is 0 Å². The zero-order valence-electron chi connectivity index (χ0n) is 12.8. The normalized spacial score (nSPS) is 19.8. The Morgan fingerprint density at radius 2 is 1.74 bits per heavy atom. The van der Waals surface area contributed by atoms with Crippen LogP contribution in [0.4, 0.5) is 0 Å². The highest BCUT2D eigenvalue weighted by molar-refractivity contribution is 5.29. The van der Waals surface area contributed by atoms with Gasteiger partial charge >= 0.3 is 0 Å². The van der Waals surface area contributed by atoms with Gasteiger partial charge < -0.3 is 5.32 Å². The molecule has 1 heteroatoms. The first-order valence-corrected chi connectivity index (χ1v) is 7.98. The average molecular weight is 259 g/mol. The summed E-state index contributed by atoms with van der Waals surface area (Å²) in [5.41, 5.74) is 1.93. The summed E-state index contributed by atoms with van der Waals surface area (Å²) in [5.74, 6) is 0.755. The van der Waals surface area contributed by atoms with Crippen LogP contribution in [-0.2, 0) is 5.41 Å². The smallest absolute Gasteiger partial charge is 0.0166 e. The van der Waals surface area contributed by atoms with Gasteiger partial charge in [0.15, 0.2) is 0 Å². The molecule has 1 atom stereocenters. The zero-order valence-corrected chi connectivity index (χ0v) is 12.8. The van der Waals surface area contributed by atoms with E-state index in [1.54, 1.807) is 5.56 Å². The number of nitrogens with one attached hydrogen (secondary N) is 1. The summed E-state index contributed by atoms with van der Waals surface area (Å²) in [7, 11) is 0. The van der Waals surface area contributed by atoms with Crippen LogP contribution in [0, 0.1) is 5.92 Å². The fourth-order valence-electron chi connectivity index (χ4n) is 3.84. The van der Waals surface area contributed by atoms with Crippen molar-refractivity contribution in [1.29, 1.82) is 0 Å². The van der Waals surface area contributed by atoms with Crippen LogP contribution in [0.15, 0.2) is 30.3 Å². The average Bonchev–Trinajstić information content (AvgIpc) is 2.89. The maximum atomic E-state index is 3.80. The second-order valence-electron chi connectivity index (χ2n) is 6.47. The molecule has 0 bridgehead atoms. The molecule has 0 aliphatic heterocycles. The fourth-order valence-corrected chi connectivity index (χ4v) is 3.84. The molecular weight excluding hydrogens is 230 g/mol. The highest BCUT2D eigenvalue weighted by Crippen LogP contribution is 2.45. The summed E-state index contributed by atoms with van der Waals surface area (Å²) in [5, 5.41) is 3.80. The Labute approximate surface area is 118 Å². The minimum Gasteiger partial charge on any atom is -0.313 e. The van der Waals surface area contributed by atoms with Crippen LogP contribution in [0.5, 0.6) is 0 Å². The minimum atomic E-state index is 0.377. The van der Waals surface area contributed by atoms with Crippen LogP contribution in [0.1, 0.15) is 58.4 Å². The molecule has 0 aromatic heterocycles. The molecule has 0 amide bonds. The molecule has 1 unspecified atom stereocenters.